The maximum atomic E-state index is 7.50. The number of rotatable bonds is 5. The number of benzene rings is 3. The molecule has 0 aliphatic rings. The zero-order valence-electron chi connectivity index (χ0n) is 18.6. The van der Waals surface area contributed by atoms with Crippen LogP contribution in [-0.2, 0) is 39.1 Å². The van der Waals surface area contributed by atoms with Crippen LogP contribution in [0.4, 0.5) is 0 Å². The second-order valence-corrected chi connectivity index (χ2v) is 10.9. The van der Waals surface area contributed by atoms with Gasteiger partial charge < -0.3 is 0 Å². The van der Waals surface area contributed by atoms with Crippen LogP contribution in [0.5, 0.6) is 0 Å². The SMILES string of the molecule is CN(C)[C](=[Cr])[Si](c1ccccc1)(c1ccccc1)c1ccccc1.[C-]#[O+].[C-]#[O+].[C-]#[O+].[C-]#[O+].[C-]#[O+]. The summed E-state index contributed by atoms with van der Waals surface area (Å²) >= 11 is 3.42. The van der Waals surface area contributed by atoms with Gasteiger partial charge in [-0.3, -0.25) is 0 Å². The van der Waals surface area contributed by atoms with Crippen LogP contribution in [0.15, 0.2) is 91.0 Å². The van der Waals surface area contributed by atoms with Gasteiger partial charge in [-0.15, -0.1) is 0 Å². The van der Waals surface area contributed by atoms with Gasteiger partial charge >= 0.3 is 210 Å². The normalized spacial score (nSPS) is 8.38. The van der Waals surface area contributed by atoms with Crippen molar-refractivity contribution in [1.82, 2.24) is 4.90 Å². The Kier molecular flexibility index (Phi) is 24.1. The van der Waals surface area contributed by atoms with Crippen LogP contribution in [0, 0.1) is 33.3 Å². The second kappa shape index (κ2) is 23.1. The molecule has 34 heavy (non-hydrogen) atoms. The molecule has 3 aromatic rings. The van der Waals surface area contributed by atoms with E-state index in [4.69, 9.17) is 23.3 Å². The molecule has 0 saturated heterocycles. The second-order valence-electron chi connectivity index (χ2n) is 6.05. The summed E-state index contributed by atoms with van der Waals surface area (Å²) in [6, 6.07) is 32.8. The summed E-state index contributed by atoms with van der Waals surface area (Å²) in [5.41, 5.74) is 0. The van der Waals surface area contributed by atoms with Crippen LogP contribution in [0.2, 0.25) is 0 Å². The summed E-state index contributed by atoms with van der Waals surface area (Å²) in [5.74, 6) is 0. The van der Waals surface area contributed by atoms with E-state index in [1.807, 2.05) is 0 Å². The van der Waals surface area contributed by atoms with E-state index < -0.39 is 8.07 Å². The van der Waals surface area contributed by atoms with Gasteiger partial charge in [0.25, 0.3) is 0 Å². The molecule has 0 saturated carbocycles. The molecule has 0 bridgehead atoms. The van der Waals surface area contributed by atoms with Gasteiger partial charge in [-0.05, 0) is 0 Å². The quantitative estimate of drug-likeness (QED) is 0.223. The maximum absolute atomic E-state index is 7.50. The number of nitrogens with zero attached hydrogens (tertiary/aromatic N) is 1. The Balaban J connectivity index is -0.000000854. The molecule has 0 amide bonds. The number of hydrogen-bond acceptors (Lipinski definition) is 1. The molecule has 0 fully saturated rings. The summed E-state index contributed by atoms with van der Waals surface area (Å²) in [6.07, 6.45) is 0. The molecule has 0 radical (unpaired) electrons. The molecule has 0 aromatic heterocycles. The molecule has 0 N–H and O–H groups in total. The van der Waals surface area contributed by atoms with Gasteiger partial charge in [0.05, 0.1) is 0 Å². The Labute approximate surface area is 209 Å². The summed E-state index contributed by atoms with van der Waals surface area (Å²) in [6.45, 7) is 22.5. The fourth-order valence-electron chi connectivity index (χ4n) is 3.27. The van der Waals surface area contributed by atoms with Crippen molar-refractivity contribution in [3.8, 4) is 0 Å². The molecular weight excluding hydrogens is 486 g/mol. The van der Waals surface area contributed by atoms with Gasteiger partial charge in [-0.25, -0.2) is 0 Å². The van der Waals surface area contributed by atoms with Crippen LogP contribution < -0.4 is 15.6 Å². The van der Waals surface area contributed by atoms with E-state index in [2.05, 4.69) is 159 Å². The molecule has 0 spiro atoms. The van der Waals surface area contributed by atoms with Crippen molar-refractivity contribution in [2.45, 2.75) is 0 Å². The first-order chi connectivity index (χ1) is 16.7. The molecule has 3 aromatic carbocycles. The van der Waals surface area contributed by atoms with E-state index in [1.165, 1.54) is 19.7 Å². The average Bonchev–Trinajstić information content (AvgIpc) is 2.96. The molecule has 0 atom stereocenters. The predicted octanol–water partition coefficient (Wildman–Crippen LogP) is 1.75. The molecule has 8 heteroatoms. The fraction of sp³-hybridized carbons (Fsp3) is 0.0769. The Morgan fingerprint density at radius 2 is 0.735 bits per heavy atom. The molecule has 170 valence electrons. The minimum absolute atomic E-state index is 1.31. The summed E-state index contributed by atoms with van der Waals surface area (Å²) < 4.78 is 38.8. The van der Waals surface area contributed by atoms with E-state index in [0.29, 0.717) is 0 Å². The van der Waals surface area contributed by atoms with E-state index in [9.17, 15) is 0 Å². The zero-order chi connectivity index (χ0) is 27.0. The standard InChI is InChI=1S/C21H21NSi.5CO.Cr/c1-22(2)18-23(19-12-6-3-7-13-19,20-14-8-4-9-15-20)21-16-10-5-11-17-21;5*1-2;/h3-17H,1-2H3;;;;;;. The monoisotopic (exact) mass is 507 g/mol. The fourth-order valence-corrected chi connectivity index (χ4v) is 9.42. The van der Waals surface area contributed by atoms with Crippen LogP contribution in [0.25, 0.3) is 0 Å². The Hall–Kier alpha value is -3.06. The van der Waals surface area contributed by atoms with Crippen molar-refractivity contribution in [1.29, 1.82) is 0 Å². The molecule has 0 heterocycles. The first-order valence-electron chi connectivity index (χ1n) is 9.07. The van der Waals surface area contributed by atoms with Crippen molar-refractivity contribution in [2.75, 3.05) is 14.1 Å². The van der Waals surface area contributed by atoms with Crippen molar-refractivity contribution in [3.05, 3.63) is 124 Å². The van der Waals surface area contributed by atoms with E-state index in [-0.39, 0.29) is 0 Å². The Bertz CT molecular complexity index is 899. The van der Waals surface area contributed by atoms with Crippen LogP contribution in [0.3, 0.4) is 0 Å². The zero-order valence-corrected chi connectivity index (χ0v) is 20.8. The van der Waals surface area contributed by atoms with Crippen molar-refractivity contribution in [3.63, 3.8) is 0 Å². The summed E-state index contributed by atoms with van der Waals surface area (Å²) in [4.78, 5) is 2.24. The average molecular weight is 508 g/mol. The Morgan fingerprint density at radius 3 is 0.912 bits per heavy atom. The van der Waals surface area contributed by atoms with Crippen LogP contribution >= 0.6 is 0 Å². The summed E-state index contributed by atoms with van der Waals surface area (Å²) in [7, 11) is 1.95. The van der Waals surface area contributed by atoms with Crippen molar-refractivity contribution < 1.29 is 39.1 Å². The molecular formula is C26H21CrNO5Si. The Morgan fingerprint density at radius 1 is 0.529 bits per heavy atom. The van der Waals surface area contributed by atoms with Gasteiger partial charge in [0.15, 0.2) is 0 Å². The molecule has 3 rings (SSSR count). The van der Waals surface area contributed by atoms with E-state index >= 15 is 0 Å². The third kappa shape index (κ3) is 9.43. The van der Waals surface area contributed by atoms with Gasteiger partial charge in [-0.2, -0.15) is 0 Å². The van der Waals surface area contributed by atoms with Gasteiger partial charge in [0.1, 0.15) is 0 Å². The first-order valence-corrected chi connectivity index (χ1v) is 11.7. The predicted molar refractivity (Wildman–Crippen MR) is 122 cm³/mol. The third-order valence-electron chi connectivity index (χ3n) is 4.35. The van der Waals surface area contributed by atoms with Gasteiger partial charge in [-0.1, -0.05) is 0 Å². The molecule has 0 unspecified atom stereocenters. The van der Waals surface area contributed by atoms with E-state index in [0.717, 1.165) is 0 Å². The van der Waals surface area contributed by atoms with Crippen molar-refractivity contribution in [2.24, 2.45) is 0 Å². The third-order valence-corrected chi connectivity index (χ3v) is 11.0. The topological polar surface area (TPSA) is 103 Å². The minimum atomic E-state index is -2.30. The van der Waals surface area contributed by atoms with Gasteiger partial charge in [0, 0.05) is 0 Å². The van der Waals surface area contributed by atoms with Crippen LogP contribution in [-0.4, -0.2) is 31.2 Å². The molecule has 6 nitrogen and oxygen atoms in total. The molecule has 0 aliphatic carbocycles. The molecule has 0 aliphatic heterocycles. The van der Waals surface area contributed by atoms with Gasteiger partial charge in [0.2, 0.25) is 0 Å². The number of hydrogen-bond donors (Lipinski definition) is 0. The van der Waals surface area contributed by atoms with E-state index in [1.54, 1.807) is 0 Å². The summed E-state index contributed by atoms with van der Waals surface area (Å²) in [5, 5.41) is 4.18. The van der Waals surface area contributed by atoms with Crippen molar-refractivity contribution >= 4 is 27.8 Å². The first kappa shape index (κ1) is 35.5. The van der Waals surface area contributed by atoms with Crippen LogP contribution in [0.1, 0.15) is 0 Å².